The molecule has 2 aromatic carbocycles. The summed E-state index contributed by atoms with van der Waals surface area (Å²) in [7, 11) is 1.35. The molecule has 4 aromatic rings. The topological polar surface area (TPSA) is 61.2 Å². The summed E-state index contributed by atoms with van der Waals surface area (Å²) in [6, 6.07) is 15.4. The van der Waals surface area contributed by atoms with Crippen molar-refractivity contribution in [2.45, 2.75) is 19.9 Å². The third kappa shape index (κ3) is 3.71. The van der Waals surface area contributed by atoms with Crippen LogP contribution in [0.5, 0.6) is 0 Å². The molecule has 0 atom stereocenters. The van der Waals surface area contributed by atoms with E-state index in [4.69, 9.17) is 4.74 Å². The smallest absolute Gasteiger partial charge is 0.337 e. The first kappa shape index (κ1) is 19.1. The highest BCUT2D eigenvalue weighted by Gasteiger charge is 2.14. The summed E-state index contributed by atoms with van der Waals surface area (Å²) in [4.78, 5) is 30.2. The summed E-state index contributed by atoms with van der Waals surface area (Å²) in [6.07, 6.45) is 2.54. The third-order valence-electron chi connectivity index (χ3n) is 4.93. The number of benzene rings is 2. The van der Waals surface area contributed by atoms with Gasteiger partial charge in [-0.15, -0.1) is 11.3 Å². The van der Waals surface area contributed by atoms with Gasteiger partial charge in [0.15, 0.2) is 0 Å². The maximum Gasteiger partial charge on any atom is 0.337 e. The number of carbonyl (C=O) groups is 1. The number of thiophene rings is 1. The van der Waals surface area contributed by atoms with Gasteiger partial charge in [0.25, 0.3) is 5.56 Å². The standard InChI is InChI=1S/C23H20N2O3S/c1-3-15-7-9-17(10-8-15)19-13-29-21-20(19)22(26)25(14-24-21)12-16-5-4-6-18(11-16)23(27)28-2/h4-11,13-14H,3,12H2,1-2H3. The van der Waals surface area contributed by atoms with Gasteiger partial charge in [-0.25, -0.2) is 9.78 Å². The van der Waals surface area contributed by atoms with Gasteiger partial charge in [0.1, 0.15) is 4.83 Å². The normalized spacial score (nSPS) is 11.0. The molecule has 0 spiro atoms. The van der Waals surface area contributed by atoms with Gasteiger partial charge in [-0.05, 0) is 35.2 Å². The van der Waals surface area contributed by atoms with E-state index < -0.39 is 5.97 Å². The highest BCUT2D eigenvalue weighted by atomic mass is 32.1. The summed E-state index contributed by atoms with van der Waals surface area (Å²) < 4.78 is 6.35. The predicted molar refractivity (Wildman–Crippen MR) is 116 cm³/mol. The van der Waals surface area contributed by atoms with Crippen LogP contribution in [0.25, 0.3) is 21.3 Å². The van der Waals surface area contributed by atoms with Crippen LogP contribution in [-0.2, 0) is 17.7 Å². The Balaban J connectivity index is 1.74. The number of aromatic nitrogens is 2. The van der Waals surface area contributed by atoms with Crippen LogP contribution in [0.15, 0.2) is 65.0 Å². The SMILES string of the molecule is CCc1ccc(-c2csc3ncn(Cc4cccc(C(=O)OC)c4)c(=O)c23)cc1. The maximum absolute atomic E-state index is 13.2. The molecule has 146 valence electrons. The van der Waals surface area contributed by atoms with Crippen LogP contribution in [0.2, 0.25) is 0 Å². The fourth-order valence-corrected chi connectivity index (χ4v) is 4.23. The Kier molecular flexibility index (Phi) is 5.27. The van der Waals surface area contributed by atoms with Crippen LogP contribution in [0.4, 0.5) is 0 Å². The van der Waals surface area contributed by atoms with Gasteiger partial charge in [-0.3, -0.25) is 9.36 Å². The lowest BCUT2D eigenvalue weighted by atomic mass is 10.0. The van der Waals surface area contributed by atoms with E-state index in [1.165, 1.54) is 24.0 Å². The monoisotopic (exact) mass is 404 g/mol. The quantitative estimate of drug-likeness (QED) is 0.459. The number of carbonyl (C=O) groups excluding carboxylic acids is 1. The van der Waals surface area contributed by atoms with Crippen molar-refractivity contribution in [3.05, 3.63) is 87.3 Å². The molecule has 0 aliphatic rings. The average Bonchev–Trinajstić information content (AvgIpc) is 3.20. The Hall–Kier alpha value is -3.25. The molecular weight excluding hydrogens is 384 g/mol. The molecule has 2 aromatic heterocycles. The van der Waals surface area contributed by atoms with E-state index in [9.17, 15) is 9.59 Å². The number of hydrogen-bond donors (Lipinski definition) is 0. The van der Waals surface area contributed by atoms with Crippen molar-refractivity contribution in [3.8, 4) is 11.1 Å². The van der Waals surface area contributed by atoms with Gasteiger partial charge in [-0.2, -0.15) is 0 Å². The second kappa shape index (κ2) is 8.01. The van der Waals surface area contributed by atoms with Crippen LogP contribution >= 0.6 is 11.3 Å². The molecule has 0 unspecified atom stereocenters. The zero-order valence-corrected chi connectivity index (χ0v) is 17.0. The van der Waals surface area contributed by atoms with E-state index in [1.54, 1.807) is 29.1 Å². The molecule has 4 rings (SSSR count). The second-order valence-corrected chi connectivity index (χ2v) is 7.61. The van der Waals surface area contributed by atoms with Crippen molar-refractivity contribution in [2.75, 3.05) is 7.11 Å². The lowest BCUT2D eigenvalue weighted by Crippen LogP contribution is -2.21. The second-order valence-electron chi connectivity index (χ2n) is 6.75. The minimum absolute atomic E-state index is 0.0886. The van der Waals surface area contributed by atoms with Gasteiger partial charge < -0.3 is 4.74 Å². The van der Waals surface area contributed by atoms with E-state index in [0.29, 0.717) is 17.5 Å². The Bertz CT molecular complexity index is 1240. The molecule has 0 bridgehead atoms. The van der Waals surface area contributed by atoms with E-state index in [1.807, 2.05) is 11.4 Å². The van der Waals surface area contributed by atoms with Crippen molar-refractivity contribution < 1.29 is 9.53 Å². The number of nitrogens with zero attached hydrogens (tertiary/aromatic N) is 2. The molecule has 0 aliphatic heterocycles. The van der Waals surface area contributed by atoms with E-state index in [0.717, 1.165) is 27.9 Å². The molecule has 2 heterocycles. The molecule has 0 saturated heterocycles. The summed E-state index contributed by atoms with van der Waals surface area (Å²) >= 11 is 1.47. The van der Waals surface area contributed by atoms with Gasteiger partial charge in [0.05, 0.1) is 30.9 Å². The lowest BCUT2D eigenvalue weighted by Gasteiger charge is -2.08. The van der Waals surface area contributed by atoms with Crippen LogP contribution < -0.4 is 5.56 Å². The molecule has 0 amide bonds. The predicted octanol–water partition coefficient (Wildman–Crippen LogP) is 4.52. The van der Waals surface area contributed by atoms with Crippen LogP contribution in [0.3, 0.4) is 0 Å². The molecule has 29 heavy (non-hydrogen) atoms. The van der Waals surface area contributed by atoms with Crippen molar-refractivity contribution in [3.63, 3.8) is 0 Å². The number of hydrogen-bond acceptors (Lipinski definition) is 5. The van der Waals surface area contributed by atoms with E-state index in [2.05, 4.69) is 36.2 Å². The number of aryl methyl sites for hydroxylation is 1. The Labute approximate surface area is 172 Å². The third-order valence-corrected chi connectivity index (χ3v) is 5.82. The van der Waals surface area contributed by atoms with Crippen molar-refractivity contribution in [1.29, 1.82) is 0 Å². The largest absolute Gasteiger partial charge is 0.465 e. The number of methoxy groups -OCH3 is 1. The Morgan fingerprint density at radius 3 is 2.66 bits per heavy atom. The van der Waals surface area contributed by atoms with Crippen LogP contribution in [0, 0.1) is 0 Å². The van der Waals surface area contributed by atoms with Crippen LogP contribution in [0.1, 0.15) is 28.4 Å². The molecule has 0 aliphatic carbocycles. The lowest BCUT2D eigenvalue weighted by molar-refractivity contribution is 0.0600. The molecule has 0 fully saturated rings. The zero-order chi connectivity index (χ0) is 20.4. The first-order chi connectivity index (χ1) is 14.1. The highest BCUT2D eigenvalue weighted by molar-refractivity contribution is 7.17. The molecular formula is C23H20N2O3S. The minimum Gasteiger partial charge on any atom is -0.465 e. The van der Waals surface area contributed by atoms with Crippen molar-refractivity contribution >= 4 is 27.5 Å². The number of ether oxygens (including phenoxy) is 1. The van der Waals surface area contributed by atoms with Gasteiger partial charge in [0, 0.05) is 10.9 Å². The number of esters is 1. The van der Waals surface area contributed by atoms with E-state index >= 15 is 0 Å². The van der Waals surface area contributed by atoms with Crippen molar-refractivity contribution in [1.82, 2.24) is 9.55 Å². The molecule has 0 radical (unpaired) electrons. The molecule has 0 N–H and O–H groups in total. The Morgan fingerprint density at radius 1 is 1.14 bits per heavy atom. The number of rotatable bonds is 5. The fraction of sp³-hybridized carbons (Fsp3) is 0.174. The minimum atomic E-state index is -0.400. The maximum atomic E-state index is 13.2. The van der Waals surface area contributed by atoms with Crippen molar-refractivity contribution in [2.24, 2.45) is 0 Å². The van der Waals surface area contributed by atoms with E-state index in [-0.39, 0.29) is 5.56 Å². The van der Waals surface area contributed by atoms with Gasteiger partial charge in [-0.1, -0.05) is 43.3 Å². The summed E-state index contributed by atoms with van der Waals surface area (Å²) in [6.45, 7) is 2.45. The molecule has 6 heteroatoms. The molecule has 5 nitrogen and oxygen atoms in total. The summed E-state index contributed by atoms with van der Waals surface area (Å²) in [5.41, 5.74) is 4.38. The Morgan fingerprint density at radius 2 is 1.93 bits per heavy atom. The average molecular weight is 404 g/mol. The first-order valence-corrected chi connectivity index (χ1v) is 10.2. The first-order valence-electron chi connectivity index (χ1n) is 9.34. The highest BCUT2D eigenvalue weighted by Crippen LogP contribution is 2.30. The summed E-state index contributed by atoms with van der Waals surface area (Å²) in [5, 5.41) is 2.62. The van der Waals surface area contributed by atoms with Crippen LogP contribution in [-0.4, -0.2) is 22.6 Å². The van der Waals surface area contributed by atoms with Gasteiger partial charge in [0.2, 0.25) is 0 Å². The fourth-order valence-electron chi connectivity index (χ4n) is 3.32. The summed E-state index contributed by atoms with van der Waals surface area (Å²) in [5.74, 6) is -0.400. The number of fused-ring (bicyclic) bond motifs is 1. The molecule has 0 saturated carbocycles. The van der Waals surface area contributed by atoms with Gasteiger partial charge >= 0.3 is 5.97 Å². The zero-order valence-electron chi connectivity index (χ0n) is 16.2.